The zero-order valence-corrected chi connectivity index (χ0v) is 31.7. The number of hydrogen-bond acceptors (Lipinski definition) is 1. The summed E-state index contributed by atoms with van der Waals surface area (Å²) in [5.74, 6) is 1.92. The Kier molecular flexibility index (Phi) is 27.8. The summed E-state index contributed by atoms with van der Waals surface area (Å²) in [6.45, 7) is 4.60. The summed E-state index contributed by atoms with van der Waals surface area (Å²) in [4.78, 5) is 0. The van der Waals surface area contributed by atoms with E-state index in [1.54, 1.807) is 0 Å². The van der Waals surface area contributed by atoms with E-state index in [-0.39, 0.29) is 0 Å². The van der Waals surface area contributed by atoms with Crippen molar-refractivity contribution in [2.75, 3.05) is 0 Å². The molecule has 0 aromatic heterocycles. The highest BCUT2D eigenvalue weighted by Gasteiger charge is 2.02. The number of aryl methyl sites for hydroxylation is 2. The quantitative estimate of drug-likeness (QED) is 0.0687. The second-order valence-electron chi connectivity index (χ2n) is 14.8. The Hall–Kier alpha value is -1.76. The van der Waals surface area contributed by atoms with Crippen molar-refractivity contribution in [3.05, 3.63) is 59.7 Å². The van der Waals surface area contributed by atoms with E-state index in [0.717, 1.165) is 17.9 Å². The van der Waals surface area contributed by atoms with Crippen molar-refractivity contribution >= 4 is 0 Å². The van der Waals surface area contributed by atoms with Crippen molar-refractivity contribution in [3.63, 3.8) is 0 Å². The molecule has 1 heteroatoms. The Balaban J connectivity index is 1.42. The molecule has 2 rings (SSSR count). The normalized spacial score (nSPS) is 11.4. The third-order valence-electron chi connectivity index (χ3n) is 10.2. The minimum Gasteiger partial charge on any atom is -0.457 e. The molecular formula is C46H78O. The lowest BCUT2D eigenvalue weighted by Crippen LogP contribution is -1.90. The Bertz CT molecular complexity index is 915. The molecule has 0 aliphatic carbocycles. The van der Waals surface area contributed by atoms with Gasteiger partial charge in [-0.3, -0.25) is 0 Å². The lowest BCUT2D eigenvalue weighted by Gasteiger charge is -2.09. The Morgan fingerprint density at radius 3 is 1.04 bits per heavy atom. The summed E-state index contributed by atoms with van der Waals surface area (Å²) in [6.07, 6.45) is 45.0. The molecule has 0 radical (unpaired) electrons. The predicted octanol–water partition coefficient (Wildman–Crippen LogP) is 16.3. The van der Waals surface area contributed by atoms with Crippen LogP contribution in [0.2, 0.25) is 0 Å². The average Bonchev–Trinajstić information content (AvgIpc) is 3.09. The Morgan fingerprint density at radius 1 is 0.319 bits per heavy atom. The van der Waals surface area contributed by atoms with E-state index in [1.807, 2.05) is 0 Å². The van der Waals surface area contributed by atoms with Crippen molar-refractivity contribution < 1.29 is 4.74 Å². The highest BCUT2D eigenvalue weighted by atomic mass is 16.5. The van der Waals surface area contributed by atoms with Gasteiger partial charge in [0.15, 0.2) is 0 Å². The first kappa shape index (κ1) is 41.4. The van der Waals surface area contributed by atoms with Crippen molar-refractivity contribution in [2.45, 2.75) is 219 Å². The van der Waals surface area contributed by atoms with Gasteiger partial charge in [0.1, 0.15) is 11.5 Å². The SMILES string of the molecule is CCCCCCCCCCCCCCCCCc1ccc(Oc2cccc(CCCCCCCCCCCCCCCCC)c2)cc1. The van der Waals surface area contributed by atoms with Gasteiger partial charge < -0.3 is 4.74 Å². The molecule has 0 amide bonds. The highest BCUT2D eigenvalue weighted by molar-refractivity contribution is 5.35. The summed E-state index contributed by atoms with van der Waals surface area (Å²) in [5, 5.41) is 0. The number of unbranched alkanes of at least 4 members (excludes halogenated alkanes) is 28. The van der Waals surface area contributed by atoms with Gasteiger partial charge in [-0.1, -0.05) is 218 Å². The van der Waals surface area contributed by atoms with Crippen LogP contribution in [0.5, 0.6) is 11.5 Å². The number of ether oxygens (including phenoxy) is 1. The van der Waals surface area contributed by atoms with Gasteiger partial charge in [-0.25, -0.2) is 0 Å². The fourth-order valence-electron chi connectivity index (χ4n) is 7.03. The minimum absolute atomic E-state index is 0.953. The Morgan fingerprint density at radius 2 is 0.660 bits per heavy atom. The summed E-state index contributed by atoms with van der Waals surface area (Å²) >= 11 is 0. The van der Waals surface area contributed by atoms with E-state index in [4.69, 9.17) is 4.74 Å². The van der Waals surface area contributed by atoms with Crippen molar-refractivity contribution in [1.82, 2.24) is 0 Å². The van der Waals surface area contributed by atoms with Crippen LogP contribution in [0, 0.1) is 0 Å². The molecule has 0 aliphatic rings. The van der Waals surface area contributed by atoms with Gasteiger partial charge in [-0.2, -0.15) is 0 Å². The van der Waals surface area contributed by atoms with Gasteiger partial charge in [0.2, 0.25) is 0 Å². The van der Waals surface area contributed by atoms with Crippen molar-refractivity contribution in [3.8, 4) is 11.5 Å². The molecule has 0 atom stereocenters. The smallest absolute Gasteiger partial charge is 0.127 e. The molecule has 0 N–H and O–H groups in total. The number of hydrogen-bond donors (Lipinski definition) is 0. The predicted molar refractivity (Wildman–Crippen MR) is 210 cm³/mol. The molecule has 2 aromatic rings. The molecule has 0 bridgehead atoms. The van der Waals surface area contributed by atoms with Crippen LogP contribution < -0.4 is 4.74 Å². The summed E-state index contributed by atoms with van der Waals surface area (Å²) in [5.41, 5.74) is 2.84. The fraction of sp³-hybridized carbons (Fsp3) is 0.739. The van der Waals surface area contributed by atoms with Crippen LogP contribution in [-0.2, 0) is 12.8 Å². The van der Waals surface area contributed by atoms with Crippen LogP contribution in [0.4, 0.5) is 0 Å². The maximum Gasteiger partial charge on any atom is 0.127 e. The van der Waals surface area contributed by atoms with Crippen LogP contribution >= 0.6 is 0 Å². The molecule has 1 nitrogen and oxygen atoms in total. The van der Waals surface area contributed by atoms with E-state index in [0.29, 0.717) is 0 Å². The van der Waals surface area contributed by atoms with Gasteiger partial charge in [0.05, 0.1) is 0 Å². The van der Waals surface area contributed by atoms with Crippen LogP contribution in [0.3, 0.4) is 0 Å². The first-order valence-corrected chi connectivity index (χ1v) is 21.2. The topological polar surface area (TPSA) is 9.23 Å². The molecule has 0 aliphatic heterocycles. The summed E-state index contributed by atoms with van der Waals surface area (Å²) in [7, 11) is 0. The number of rotatable bonds is 34. The van der Waals surface area contributed by atoms with Gasteiger partial charge in [0.25, 0.3) is 0 Å². The lowest BCUT2D eigenvalue weighted by molar-refractivity contribution is 0.481. The maximum atomic E-state index is 6.23. The van der Waals surface area contributed by atoms with E-state index < -0.39 is 0 Å². The van der Waals surface area contributed by atoms with Crippen LogP contribution in [0.1, 0.15) is 218 Å². The van der Waals surface area contributed by atoms with Crippen LogP contribution in [0.25, 0.3) is 0 Å². The molecule has 268 valence electrons. The molecule has 47 heavy (non-hydrogen) atoms. The maximum absolute atomic E-state index is 6.23. The van der Waals surface area contributed by atoms with E-state index in [1.165, 1.54) is 210 Å². The second kappa shape index (κ2) is 31.5. The van der Waals surface area contributed by atoms with E-state index >= 15 is 0 Å². The highest BCUT2D eigenvalue weighted by Crippen LogP contribution is 2.24. The van der Waals surface area contributed by atoms with Gasteiger partial charge in [0, 0.05) is 0 Å². The largest absolute Gasteiger partial charge is 0.457 e. The second-order valence-corrected chi connectivity index (χ2v) is 14.8. The summed E-state index contributed by atoms with van der Waals surface area (Å²) < 4.78 is 6.23. The van der Waals surface area contributed by atoms with Gasteiger partial charge >= 0.3 is 0 Å². The van der Waals surface area contributed by atoms with Crippen LogP contribution in [0.15, 0.2) is 48.5 Å². The monoisotopic (exact) mass is 647 g/mol. The summed E-state index contributed by atoms with van der Waals surface area (Å²) in [6, 6.07) is 17.6. The zero-order chi connectivity index (χ0) is 33.3. The fourth-order valence-corrected chi connectivity index (χ4v) is 7.03. The molecule has 0 heterocycles. The van der Waals surface area contributed by atoms with Crippen molar-refractivity contribution in [2.24, 2.45) is 0 Å². The standard InChI is InChI=1S/C46H78O/c1-3-5-7-9-11-13-15-17-19-21-23-25-27-29-31-34-43-38-40-45(41-39-43)47-46-37-33-36-44(42-46)35-32-30-28-26-24-22-20-18-16-14-12-10-8-6-4-2/h33,36-42H,3-32,34-35H2,1-2H3. The first-order chi connectivity index (χ1) is 23.3. The third-order valence-corrected chi connectivity index (χ3v) is 10.2. The molecule has 0 fully saturated rings. The number of benzene rings is 2. The van der Waals surface area contributed by atoms with Gasteiger partial charge in [-0.15, -0.1) is 0 Å². The molecular weight excluding hydrogens is 569 g/mol. The van der Waals surface area contributed by atoms with E-state index in [9.17, 15) is 0 Å². The molecule has 0 unspecified atom stereocenters. The average molecular weight is 647 g/mol. The Labute approximate surface area is 294 Å². The molecule has 0 spiro atoms. The lowest BCUT2D eigenvalue weighted by atomic mass is 10.0. The minimum atomic E-state index is 0.953. The zero-order valence-electron chi connectivity index (χ0n) is 31.7. The van der Waals surface area contributed by atoms with Crippen LogP contribution in [-0.4, -0.2) is 0 Å². The molecule has 2 aromatic carbocycles. The molecule has 0 saturated heterocycles. The third kappa shape index (κ3) is 25.0. The van der Waals surface area contributed by atoms with E-state index in [2.05, 4.69) is 62.4 Å². The van der Waals surface area contributed by atoms with Crippen molar-refractivity contribution in [1.29, 1.82) is 0 Å². The molecule has 0 saturated carbocycles. The van der Waals surface area contributed by atoms with Gasteiger partial charge in [-0.05, 0) is 61.1 Å². The first-order valence-electron chi connectivity index (χ1n) is 21.2.